The van der Waals surface area contributed by atoms with E-state index in [2.05, 4.69) is 5.32 Å². The Hall–Kier alpha value is -2.50. The fourth-order valence-electron chi connectivity index (χ4n) is 2.92. The zero-order valence-electron chi connectivity index (χ0n) is 13.5. The lowest BCUT2D eigenvalue weighted by atomic mass is 9.86. The Morgan fingerprint density at radius 3 is 2.65 bits per heavy atom. The van der Waals surface area contributed by atoms with Gasteiger partial charge < -0.3 is 4.90 Å². The molecule has 0 spiro atoms. The van der Waals surface area contributed by atoms with E-state index in [-0.39, 0.29) is 24.3 Å². The number of hydrogen-bond donors (Lipinski definition) is 1. The number of anilines is 1. The van der Waals surface area contributed by atoms with Gasteiger partial charge in [0.1, 0.15) is 6.29 Å². The van der Waals surface area contributed by atoms with Crippen LogP contribution in [0.1, 0.15) is 49.5 Å². The van der Waals surface area contributed by atoms with Crippen LogP contribution in [0.4, 0.5) is 5.69 Å². The number of fused-ring (bicyclic) bond motifs is 1. The van der Waals surface area contributed by atoms with Gasteiger partial charge in [-0.05, 0) is 38.8 Å². The first kappa shape index (κ1) is 16.9. The minimum Gasteiger partial charge on any atom is -0.309 e. The van der Waals surface area contributed by atoms with Crippen molar-refractivity contribution >= 4 is 30.2 Å². The van der Waals surface area contributed by atoms with Gasteiger partial charge in [-0.15, -0.1) is 0 Å². The van der Waals surface area contributed by atoms with Gasteiger partial charge in [0.15, 0.2) is 0 Å². The Balaban J connectivity index is 2.29. The van der Waals surface area contributed by atoms with E-state index in [1.165, 1.54) is 0 Å². The molecule has 0 radical (unpaired) electrons. The molecule has 3 amide bonds. The van der Waals surface area contributed by atoms with E-state index in [0.29, 0.717) is 24.1 Å². The summed E-state index contributed by atoms with van der Waals surface area (Å²) in [6.07, 6.45) is 1.66. The highest BCUT2D eigenvalue weighted by Crippen LogP contribution is 2.43. The fraction of sp³-hybridized carbons (Fsp3) is 0.412. The lowest BCUT2D eigenvalue weighted by molar-refractivity contribution is -0.126. The van der Waals surface area contributed by atoms with Crippen molar-refractivity contribution in [3.05, 3.63) is 29.3 Å². The minimum atomic E-state index is -0.671. The second-order valence-electron chi connectivity index (χ2n) is 6.27. The van der Waals surface area contributed by atoms with Gasteiger partial charge in [-0.25, -0.2) is 0 Å². The third kappa shape index (κ3) is 3.02. The Kier molecular flexibility index (Phi) is 4.63. The van der Waals surface area contributed by atoms with Crippen molar-refractivity contribution in [2.75, 3.05) is 4.90 Å². The molecule has 1 aliphatic heterocycles. The Morgan fingerprint density at radius 1 is 1.35 bits per heavy atom. The van der Waals surface area contributed by atoms with Crippen molar-refractivity contribution < 1.29 is 19.2 Å². The molecule has 0 aromatic heterocycles. The maximum atomic E-state index is 12.8. The molecule has 1 N–H and O–H groups in total. The lowest BCUT2D eigenvalue weighted by Crippen LogP contribution is -2.42. The fourth-order valence-corrected chi connectivity index (χ4v) is 2.92. The molecule has 122 valence electrons. The molecular weight excluding hydrogens is 296 g/mol. The molecule has 0 fully saturated rings. The van der Waals surface area contributed by atoms with E-state index in [0.717, 1.165) is 11.8 Å². The summed E-state index contributed by atoms with van der Waals surface area (Å²) in [5.74, 6) is -0.432. The van der Waals surface area contributed by atoms with Crippen molar-refractivity contribution in [3.8, 4) is 0 Å². The number of amides is 3. The highest BCUT2D eigenvalue weighted by Gasteiger charge is 2.45. The average Bonchev–Trinajstić information content (AvgIpc) is 2.72. The molecule has 0 saturated heterocycles. The molecular formula is C17H20N2O4. The van der Waals surface area contributed by atoms with E-state index in [1.54, 1.807) is 17.0 Å². The smallest absolute Gasteiger partial charge is 0.237 e. The summed E-state index contributed by atoms with van der Waals surface area (Å²) in [7, 11) is 0. The first-order valence-electron chi connectivity index (χ1n) is 7.49. The Bertz CT molecular complexity index is 667. The monoisotopic (exact) mass is 316 g/mol. The number of carbonyl (C=O) groups excluding carboxylic acids is 4. The lowest BCUT2D eigenvalue weighted by Gasteiger charge is -2.27. The molecule has 1 aliphatic rings. The zero-order valence-corrected chi connectivity index (χ0v) is 13.5. The number of imide groups is 1. The third-order valence-electron chi connectivity index (χ3n) is 4.29. The quantitative estimate of drug-likeness (QED) is 0.807. The molecule has 1 aromatic carbocycles. The SMILES string of the molecule is CC(CCC(=O)NC=O)N1C(=O)C(C)(C)c2ccc(C=O)cc21. The van der Waals surface area contributed by atoms with Gasteiger partial charge in [0.2, 0.25) is 18.2 Å². The van der Waals surface area contributed by atoms with Crippen molar-refractivity contribution in [3.63, 3.8) is 0 Å². The Morgan fingerprint density at radius 2 is 2.04 bits per heavy atom. The predicted molar refractivity (Wildman–Crippen MR) is 85.2 cm³/mol. The van der Waals surface area contributed by atoms with E-state index in [1.807, 2.05) is 26.8 Å². The van der Waals surface area contributed by atoms with Crippen LogP contribution in [0.3, 0.4) is 0 Å². The van der Waals surface area contributed by atoms with Gasteiger partial charge in [-0.3, -0.25) is 24.5 Å². The second kappa shape index (κ2) is 6.32. The van der Waals surface area contributed by atoms with E-state index in [9.17, 15) is 19.2 Å². The molecule has 0 bridgehead atoms. The third-order valence-corrected chi connectivity index (χ3v) is 4.29. The van der Waals surface area contributed by atoms with Gasteiger partial charge in [-0.1, -0.05) is 12.1 Å². The topological polar surface area (TPSA) is 83.6 Å². The highest BCUT2D eigenvalue weighted by atomic mass is 16.2. The molecule has 6 nitrogen and oxygen atoms in total. The predicted octanol–water partition coefficient (Wildman–Crippen LogP) is 1.56. The number of nitrogens with one attached hydrogen (secondary N) is 1. The minimum absolute atomic E-state index is 0.0566. The van der Waals surface area contributed by atoms with E-state index < -0.39 is 5.41 Å². The number of carbonyl (C=O) groups is 4. The standard InChI is InChI=1S/C17H20N2O4/c1-11(4-7-15(22)18-10-21)19-14-8-12(9-20)5-6-13(14)17(2,3)16(19)23/h5-6,8-11H,4,7H2,1-3H3,(H,18,21,22). The molecule has 1 heterocycles. The summed E-state index contributed by atoms with van der Waals surface area (Å²) in [4.78, 5) is 47.1. The number of aldehydes is 1. The summed E-state index contributed by atoms with van der Waals surface area (Å²) in [6, 6.07) is 4.99. The summed E-state index contributed by atoms with van der Waals surface area (Å²) < 4.78 is 0. The molecule has 23 heavy (non-hydrogen) atoms. The van der Waals surface area contributed by atoms with Crippen molar-refractivity contribution in [1.29, 1.82) is 0 Å². The Labute approximate surface area is 134 Å². The number of nitrogens with zero attached hydrogens (tertiary/aromatic N) is 1. The average molecular weight is 316 g/mol. The van der Waals surface area contributed by atoms with Gasteiger partial charge in [0.05, 0.1) is 5.41 Å². The highest BCUT2D eigenvalue weighted by molar-refractivity contribution is 6.08. The van der Waals surface area contributed by atoms with Crippen molar-refractivity contribution in [2.24, 2.45) is 0 Å². The largest absolute Gasteiger partial charge is 0.309 e. The van der Waals surface area contributed by atoms with E-state index >= 15 is 0 Å². The summed E-state index contributed by atoms with van der Waals surface area (Å²) in [5, 5.41) is 2.09. The van der Waals surface area contributed by atoms with Crippen LogP contribution in [-0.2, 0) is 19.8 Å². The number of benzene rings is 1. The van der Waals surface area contributed by atoms with Gasteiger partial charge in [0.25, 0.3) is 0 Å². The van der Waals surface area contributed by atoms with Crippen LogP contribution in [0.15, 0.2) is 18.2 Å². The van der Waals surface area contributed by atoms with E-state index in [4.69, 9.17) is 0 Å². The zero-order chi connectivity index (χ0) is 17.2. The number of rotatable bonds is 6. The maximum absolute atomic E-state index is 12.8. The number of hydrogen-bond acceptors (Lipinski definition) is 4. The summed E-state index contributed by atoms with van der Waals surface area (Å²) in [5.41, 5.74) is 1.42. The van der Waals surface area contributed by atoms with Crippen LogP contribution >= 0.6 is 0 Å². The van der Waals surface area contributed by atoms with Gasteiger partial charge >= 0.3 is 0 Å². The molecule has 2 rings (SSSR count). The molecule has 6 heteroatoms. The first-order chi connectivity index (χ1) is 10.8. The molecule has 1 unspecified atom stereocenters. The van der Waals surface area contributed by atoms with Crippen LogP contribution in [0.25, 0.3) is 0 Å². The maximum Gasteiger partial charge on any atom is 0.237 e. The molecule has 1 aromatic rings. The van der Waals surface area contributed by atoms with Crippen LogP contribution in [0.2, 0.25) is 0 Å². The van der Waals surface area contributed by atoms with Gasteiger partial charge in [-0.2, -0.15) is 0 Å². The van der Waals surface area contributed by atoms with Crippen LogP contribution < -0.4 is 10.2 Å². The first-order valence-corrected chi connectivity index (χ1v) is 7.49. The molecule has 0 aliphatic carbocycles. The van der Waals surface area contributed by atoms with Gasteiger partial charge in [0, 0.05) is 23.7 Å². The van der Waals surface area contributed by atoms with Crippen LogP contribution in [0, 0.1) is 0 Å². The summed E-state index contributed by atoms with van der Waals surface area (Å²) in [6.45, 7) is 5.55. The van der Waals surface area contributed by atoms with Crippen molar-refractivity contribution in [2.45, 2.75) is 45.1 Å². The normalized spacial score (nSPS) is 16.7. The second-order valence-corrected chi connectivity index (χ2v) is 6.27. The molecule has 0 saturated carbocycles. The van der Waals surface area contributed by atoms with Crippen LogP contribution in [-0.4, -0.2) is 30.6 Å². The molecule has 1 atom stereocenters. The summed E-state index contributed by atoms with van der Waals surface area (Å²) >= 11 is 0. The van der Waals surface area contributed by atoms with Crippen LogP contribution in [0.5, 0.6) is 0 Å². The van der Waals surface area contributed by atoms with Crippen molar-refractivity contribution in [1.82, 2.24) is 5.32 Å².